The first kappa shape index (κ1) is 27.8. The Morgan fingerprint density at radius 2 is 0.919 bits per heavy atom. The Bertz CT molecular complexity index is 1460. The molecular formula is C27H30O10. The quantitative estimate of drug-likeness (QED) is 0.324. The topological polar surface area (TPSA) is 139 Å². The number of hydrogen-bond acceptors (Lipinski definition) is 10. The Morgan fingerprint density at radius 3 is 1.27 bits per heavy atom. The minimum atomic E-state index is -0.981. The Morgan fingerprint density at radius 1 is 0.541 bits per heavy atom. The first-order valence-corrected chi connectivity index (χ1v) is 12.2. The predicted molar refractivity (Wildman–Crippen MR) is 133 cm³/mol. The van der Waals surface area contributed by atoms with Gasteiger partial charge in [0.2, 0.25) is 33.9 Å². The summed E-state index contributed by atoms with van der Waals surface area (Å²) in [7, 11) is 0. The van der Waals surface area contributed by atoms with E-state index >= 15 is 0 Å². The van der Waals surface area contributed by atoms with Gasteiger partial charge in [-0.1, -0.05) is 27.7 Å². The average Bonchev–Trinajstić information content (AvgIpc) is 2.83. The molecule has 3 rings (SSSR count). The van der Waals surface area contributed by atoms with Gasteiger partial charge in [0.25, 0.3) is 22.4 Å². The van der Waals surface area contributed by atoms with E-state index < -0.39 is 80.2 Å². The van der Waals surface area contributed by atoms with Gasteiger partial charge in [-0.2, -0.15) is 0 Å². The van der Waals surface area contributed by atoms with Crippen LogP contribution in [0.3, 0.4) is 0 Å². The molecule has 10 heteroatoms. The molecule has 0 spiro atoms. The fraction of sp³-hybridized carbons (Fsp3) is 0.481. The second-order valence-electron chi connectivity index (χ2n) is 9.78. The molecule has 37 heavy (non-hydrogen) atoms. The summed E-state index contributed by atoms with van der Waals surface area (Å²) in [4.78, 5) is 76.2. The van der Waals surface area contributed by atoms with E-state index in [0.717, 1.165) is 0 Å². The van der Waals surface area contributed by atoms with Gasteiger partial charge in [0.15, 0.2) is 11.5 Å². The van der Waals surface area contributed by atoms with Crippen molar-refractivity contribution in [3.8, 4) is 11.5 Å². The van der Waals surface area contributed by atoms with Crippen molar-refractivity contribution in [1.29, 1.82) is 0 Å². The van der Waals surface area contributed by atoms with Gasteiger partial charge in [-0.05, 0) is 46.0 Å². The van der Waals surface area contributed by atoms with Gasteiger partial charge in [-0.3, -0.25) is 28.8 Å². The van der Waals surface area contributed by atoms with E-state index in [2.05, 4.69) is 0 Å². The molecule has 0 radical (unpaired) electrons. The van der Waals surface area contributed by atoms with Crippen LogP contribution in [0.15, 0.2) is 42.2 Å². The highest BCUT2D eigenvalue weighted by molar-refractivity contribution is 6.22. The van der Waals surface area contributed by atoms with Crippen LogP contribution in [0.5, 0.6) is 11.5 Å². The summed E-state index contributed by atoms with van der Waals surface area (Å²) in [6, 6.07) is 0. The minimum Gasteiger partial charge on any atom is -0.483 e. The molecule has 0 aromatic heterocycles. The first-order chi connectivity index (χ1) is 17.2. The third kappa shape index (κ3) is 4.80. The van der Waals surface area contributed by atoms with Crippen molar-refractivity contribution in [2.24, 2.45) is 0 Å². The van der Waals surface area contributed by atoms with Gasteiger partial charge in [-0.15, -0.1) is 0 Å². The average molecular weight is 515 g/mol. The lowest BCUT2D eigenvalue weighted by Gasteiger charge is -2.27. The number of hydrogen-bond donors (Lipinski definition) is 0. The maximum atomic E-state index is 13.6. The van der Waals surface area contributed by atoms with Crippen LogP contribution >= 0.6 is 0 Å². The molecule has 1 unspecified atom stereocenters. The second kappa shape index (κ2) is 10.3. The van der Waals surface area contributed by atoms with Gasteiger partial charge in [0.1, 0.15) is 0 Å². The molecule has 0 bridgehead atoms. The van der Waals surface area contributed by atoms with Crippen LogP contribution in [-0.4, -0.2) is 23.8 Å². The van der Waals surface area contributed by atoms with Crippen molar-refractivity contribution in [1.82, 2.24) is 0 Å². The number of carbonyl (C=O) groups is 2. The first-order valence-electron chi connectivity index (χ1n) is 12.2. The van der Waals surface area contributed by atoms with Crippen LogP contribution in [0.2, 0.25) is 0 Å². The Balaban J connectivity index is 2.24. The van der Waals surface area contributed by atoms with Crippen molar-refractivity contribution in [2.75, 3.05) is 0 Å². The molecular weight excluding hydrogens is 484 g/mol. The standard InChI is InChI=1S/C27H30O10/c1-9-13(8)15-17(29)19(31)23(15)37-27-21(33)25(35-12(6)7)24(34-11(4)5)20(32)26(27)36-22-14(10(2)3)16(28)18(22)30/h10-13H,9H2,1-8H3. The zero-order valence-electron chi connectivity index (χ0n) is 22.1. The monoisotopic (exact) mass is 514 g/mol. The maximum absolute atomic E-state index is 13.6. The smallest absolute Gasteiger partial charge is 0.270 e. The van der Waals surface area contributed by atoms with Crippen LogP contribution in [0.4, 0.5) is 0 Å². The van der Waals surface area contributed by atoms with Crippen molar-refractivity contribution in [3.05, 3.63) is 75.1 Å². The molecule has 198 valence electrons. The summed E-state index contributed by atoms with van der Waals surface area (Å²) in [6.07, 6.45) is -0.598. The predicted octanol–water partition coefficient (Wildman–Crippen LogP) is 2.40. The Kier molecular flexibility index (Phi) is 7.71. The fourth-order valence-electron chi connectivity index (χ4n) is 3.85. The van der Waals surface area contributed by atoms with Crippen LogP contribution in [0.1, 0.15) is 84.8 Å². The van der Waals surface area contributed by atoms with E-state index in [0.29, 0.717) is 6.42 Å². The number of carbonyl (C=O) groups excluding carboxylic acids is 2. The SMILES string of the molecule is CCC(C)c1c(OC2=C(Oc3c(C(C)C)c(=O)c3=O)C(=O)C(OC(C)C)=C(OC(C)C)C2=O)c(=O)c1=O. The molecule has 0 saturated heterocycles. The van der Waals surface area contributed by atoms with Crippen molar-refractivity contribution in [2.45, 2.75) is 85.9 Å². The molecule has 0 N–H and O–H groups in total. The normalized spacial score (nSPS) is 15.5. The lowest BCUT2D eigenvalue weighted by atomic mass is 9.93. The van der Waals surface area contributed by atoms with Crippen LogP contribution < -0.4 is 31.2 Å². The molecule has 2 aromatic carbocycles. The summed E-state index contributed by atoms with van der Waals surface area (Å²) < 4.78 is 22.4. The Labute approximate surface area is 212 Å². The van der Waals surface area contributed by atoms with Crippen LogP contribution in [-0.2, 0) is 19.1 Å². The largest absolute Gasteiger partial charge is 0.483 e. The van der Waals surface area contributed by atoms with Gasteiger partial charge >= 0.3 is 0 Å². The van der Waals surface area contributed by atoms with E-state index in [9.17, 15) is 28.8 Å². The summed E-state index contributed by atoms with van der Waals surface area (Å²) in [6.45, 7) is 13.4. The van der Waals surface area contributed by atoms with Gasteiger partial charge in [-0.25, -0.2) is 0 Å². The molecule has 1 aliphatic carbocycles. The van der Waals surface area contributed by atoms with Gasteiger partial charge in [0, 0.05) is 0 Å². The molecule has 0 aliphatic heterocycles. The highest BCUT2D eigenvalue weighted by Crippen LogP contribution is 2.34. The third-order valence-corrected chi connectivity index (χ3v) is 5.84. The summed E-state index contributed by atoms with van der Waals surface area (Å²) >= 11 is 0. The number of Topliss-reactive ketones (excluding diaryl/α,β-unsaturated/α-hetero) is 2. The van der Waals surface area contributed by atoms with E-state index in [-0.39, 0.29) is 22.8 Å². The molecule has 0 fully saturated rings. The molecule has 0 amide bonds. The maximum Gasteiger partial charge on any atom is 0.270 e. The lowest BCUT2D eigenvalue weighted by molar-refractivity contribution is -0.126. The second-order valence-corrected chi connectivity index (χ2v) is 9.78. The minimum absolute atomic E-state index is 0.0473. The Hall–Kier alpha value is -3.82. The highest BCUT2D eigenvalue weighted by Gasteiger charge is 2.44. The molecule has 10 nitrogen and oxygen atoms in total. The van der Waals surface area contributed by atoms with Gasteiger partial charge in [0.05, 0.1) is 23.3 Å². The number of ether oxygens (including phenoxy) is 4. The summed E-state index contributed by atoms with van der Waals surface area (Å²) in [5, 5.41) is 0. The summed E-state index contributed by atoms with van der Waals surface area (Å²) in [5.41, 5.74) is -3.31. The zero-order chi connectivity index (χ0) is 27.9. The number of rotatable bonds is 11. The van der Waals surface area contributed by atoms with Gasteiger partial charge < -0.3 is 18.9 Å². The molecule has 1 atom stereocenters. The van der Waals surface area contributed by atoms with Crippen LogP contribution in [0.25, 0.3) is 0 Å². The summed E-state index contributed by atoms with van der Waals surface area (Å²) in [5.74, 6) is -5.93. The van der Waals surface area contributed by atoms with E-state index in [1.165, 1.54) is 0 Å². The van der Waals surface area contributed by atoms with Crippen molar-refractivity contribution in [3.63, 3.8) is 0 Å². The van der Waals surface area contributed by atoms with E-state index in [4.69, 9.17) is 18.9 Å². The fourth-order valence-corrected chi connectivity index (χ4v) is 3.85. The highest BCUT2D eigenvalue weighted by atomic mass is 16.6. The third-order valence-electron chi connectivity index (χ3n) is 5.84. The van der Waals surface area contributed by atoms with Crippen molar-refractivity contribution < 1.29 is 28.5 Å². The molecule has 2 aromatic rings. The number of ketones is 2. The zero-order valence-corrected chi connectivity index (χ0v) is 22.1. The molecule has 0 heterocycles. The lowest BCUT2D eigenvalue weighted by Crippen LogP contribution is -2.41. The van der Waals surface area contributed by atoms with E-state index in [1.54, 1.807) is 55.4 Å². The van der Waals surface area contributed by atoms with Crippen molar-refractivity contribution >= 4 is 11.6 Å². The van der Waals surface area contributed by atoms with Crippen LogP contribution in [0, 0.1) is 0 Å². The van der Waals surface area contributed by atoms with E-state index in [1.807, 2.05) is 0 Å². The molecule has 0 saturated carbocycles. The molecule has 1 aliphatic rings.